The quantitative estimate of drug-likeness (QED) is 0.194. The molecule has 192 valence electrons. The molecule has 0 bridgehead atoms. The molecule has 2 aliphatic rings. The van der Waals surface area contributed by atoms with E-state index in [0.717, 1.165) is 0 Å². The van der Waals surface area contributed by atoms with E-state index < -0.39 is 5.41 Å². The van der Waals surface area contributed by atoms with Gasteiger partial charge in [-0.25, -0.2) is 0 Å². The van der Waals surface area contributed by atoms with Gasteiger partial charge in [0.1, 0.15) is 0 Å². The SMILES string of the molecule is Cc1c2ccccc2c(N2c3ccccc3C3(c4ccccc4-c4ccccc43)c3ccccc32)c2ccccc12. The Kier molecular flexibility index (Phi) is 4.52. The van der Waals surface area contributed by atoms with Gasteiger partial charge in [0.05, 0.1) is 22.5 Å². The Hall–Kier alpha value is -5.14. The number of hydrogen-bond donors (Lipinski definition) is 0. The van der Waals surface area contributed by atoms with Crippen LogP contribution in [-0.4, -0.2) is 0 Å². The van der Waals surface area contributed by atoms with Crippen molar-refractivity contribution >= 4 is 38.6 Å². The second-order valence-corrected chi connectivity index (χ2v) is 11.3. The normalized spacial score (nSPS) is 14.1. The molecule has 0 N–H and O–H groups in total. The van der Waals surface area contributed by atoms with Crippen LogP contribution in [-0.2, 0) is 5.41 Å². The molecule has 0 atom stereocenters. The second kappa shape index (κ2) is 8.19. The third-order valence-electron chi connectivity index (χ3n) is 9.45. The Morgan fingerprint density at radius 1 is 0.390 bits per heavy atom. The first-order valence-electron chi connectivity index (χ1n) is 14.4. The van der Waals surface area contributed by atoms with Gasteiger partial charge >= 0.3 is 0 Å². The molecule has 0 saturated carbocycles. The predicted octanol–water partition coefficient (Wildman–Crippen LogP) is 10.4. The summed E-state index contributed by atoms with van der Waals surface area (Å²) in [6.45, 7) is 2.26. The molecular weight excluding hydrogens is 494 g/mol. The van der Waals surface area contributed by atoms with Gasteiger partial charge in [-0.15, -0.1) is 0 Å². The van der Waals surface area contributed by atoms with Crippen molar-refractivity contribution in [2.75, 3.05) is 4.90 Å². The average Bonchev–Trinajstić information content (AvgIpc) is 3.34. The highest BCUT2D eigenvalue weighted by Crippen LogP contribution is 2.64. The summed E-state index contributed by atoms with van der Waals surface area (Å²) in [4.78, 5) is 2.55. The highest BCUT2D eigenvalue weighted by Gasteiger charge is 2.51. The highest BCUT2D eigenvalue weighted by molar-refractivity contribution is 6.17. The molecule has 7 aromatic rings. The van der Waals surface area contributed by atoms with Crippen LogP contribution >= 0.6 is 0 Å². The lowest BCUT2D eigenvalue weighted by molar-refractivity contribution is 0.753. The number of anilines is 3. The number of nitrogens with zero attached hydrogens (tertiary/aromatic N) is 1. The van der Waals surface area contributed by atoms with Crippen molar-refractivity contribution in [3.05, 3.63) is 173 Å². The van der Waals surface area contributed by atoms with Crippen molar-refractivity contribution in [1.82, 2.24) is 0 Å². The van der Waals surface area contributed by atoms with E-state index in [-0.39, 0.29) is 0 Å². The summed E-state index contributed by atoms with van der Waals surface area (Å²) >= 11 is 0. The van der Waals surface area contributed by atoms with E-state index in [4.69, 9.17) is 0 Å². The molecule has 0 aromatic heterocycles. The molecule has 1 heteroatoms. The van der Waals surface area contributed by atoms with Crippen LogP contribution in [0.5, 0.6) is 0 Å². The molecule has 1 aliphatic heterocycles. The number of aryl methyl sites for hydroxylation is 1. The number of para-hydroxylation sites is 2. The maximum Gasteiger partial charge on any atom is 0.0754 e. The Labute approximate surface area is 240 Å². The molecule has 41 heavy (non-hydrogen) atoms. The first-order chi connectivity index (χ1) is 20.3. The van der Waals surface area contributed by atoms with Gasteiger partial charge in [0.25, 0.3) is 0 Å². The number of benzene rings is 7. The molecule has 1 spiro atoms. The largest absolute Gasteiger partial charge is 0.309 e. The van der Waals surface area contributed by atoms with Crippen LogP contribution < -0.4 is 4.90 Å². The Balaban J connectivity index is 1.48. The van der Waals surface area contributed by atoms with Crippen LogP contribution in [0, 0.1) is 6.92 Å². The summed E-state index contributed by atoms with van der Waals surface area (Å²) < 4.78 is 0. The van der Waals surface area contributed by atoms with Gasteiger partial charge in [-0.2, -0.15) is 0 Å². The number of rotatable bonds is 1. The number of hydrogen-bond acceptors (Lipinski definition) is 1. The topological polar surface area (TPSA) is 3.24 Å². The van der Waals surface area contributed by atoms with Crippen LogP contribution in [0.25, 0.3) is 32.7 Å². The fourth-order valence-corrected chi connectivity index (χ4v) is 7.87. The smallest absolute Gasteiger partial charge is 0.0754 e. The lowest BCUT2D eigenvalue weighted by Crippen LogP contribution is -2.36. The molecule has 1 heterocycles. The predicted molar refractivity (Wildman–Crippen MR) is 172 cm³/mol. The average molecular weight is 522 g/mol. The van der Waals surface area contributed by atoms with E-state index in [1.165, 1.54) is 77.6 Å². The molecule has 9 rings (SSSR count). The minimum Gasteiger partial charge on any atom is -0.309 e. The van der Waals surface area contributed by atoms with E-state index in [2.05, 4.69) is 157 Å². The summed E-state index contributed by atoms with van der Waals surface area (Å²) in [5, 5.41) is 5.15. The first-order valence-corrected chi connectivity index (χ1v) is 14.4. The summed E-state index contributed by atoms with van der Waals surface area (Å²) in [5.41, 5.74) is 12.7. The maximum absolute atomic E-state index is 2.55. The first kappa shape index (κ1) is 22.7. The van der Waals surface area contributed by atoms with Crippen LogP contribution in [0.1, 0.15) is 27.8 Å². The molecular formula is C40H27N. The van der Waals surface area contributed by atoms with Crippen LogP contribution in [0.3, 0.4) is 0 Å². The van der Waals surface area contributed by atoms with Crippen molar-refractivity contribution < 1.29 is 0 Å². The van der Waals surface area contributed by atoms with Crippen LogP contribution in [0.15, 0.2) is 146 Å². The van der Waals surface area contributed by atoms with Crippen molar-refractivity contribution in [3.63, 3.8) is 0 Å². The zero-order valence-electron chi connectivity index (χ0n) is 22.8. The van der Waals surface area contributed by atoms with Crippen molar-refractivity contribution in [1.29, 1.82) is 0 Å². The molecule has 0 saturated heterocycles. The standard InChI is InChI=1S/C40H27N/c1-26-27-14-2-4-18-31(27)39(32-19-5-3-15-28(26)32)41-37-24-12-10-22-35(37)40(36-23-11-13-25-38(36)41)33-20-8-6-16-29(33)30-17-7-9-21-34(30)40/h2-25H,1H3. The van der Waals surface area contributed by atoms with Crippen LogP contribution in [0.4, 0.5) is 17.1 Å². The summed E-state index contributed by atoms with van der Waals surface area (Å²) in [6, 6.07) is 54.0. The molecule has 7 aromatic carbocycles. The van der Waals surface area contributed by atoms with Gasteiger partial charge in [0.2, 0.25) is 0 Å². The summed E-state index contributed by atoms with van der Waals surface area (Å²) in [7, 11) is 0. The highest BCUT2D eigenvalue weighted by atomic mass is 15.2. The van der Waals surface area contributed by atoms with E-state index >= 15 is 0 Å². The zero-order valence-corrected chi connectivity index (χ0v) is 22.8. The molecule has 0 fully saturated rings. The third kappa shape index (κ3) is 2.76. The Bertz CT molecular complexity index is 2030. The second-order valence-electron chi connectivity index (χ2n) is 11.3. The summed E-state index contributed by atoms with van der Waals surface area (Å²) in [5.74, 6) is 0. The lowest BCUT2D eigenvalue weighted by Gasteiger charge is -2.45. The molecule has 0 radical (unpaired) electrons. The van der Waals surface area contributed by atoms with Gasteiger partial charge in [-0.3, -0.25) is 0 Å². The van der Waals surface area contributed by atoms with E-state index in [9.17, 15) is 0 Å². The van der Waals surface area contributed by atoms with E-state index in [1.807, 2.05) is 0 Å². The van der Waals surface area contributed by atoms with E-state index in [1.54, 1.807) is 0 Å². The fourth-order valence-electron chi connectivity index (χ4n) is 7.87. The van der Waals surface area contributed by atoms with Gasteiger partial charge in [0.15, 0.2) is 0 Å². The molecule has 1 aliphatic carbocycles. The Morgan fingerprint density at radius 3 is 1.24 bits per heavy atom. The summed E-state index contributed by atoms with van der Waals surface area (Å²) in [6.07, 6.45) is 0. The zero-order chi connectivity index (χ0) is 27.1. The minimum atomic E-state index is -0.396. The number of fused-ring (bicyclic) bond motifs is 11. The van der Waals surface area contributed by atoms with Crippen LogP contribution in [0.2, 0.25) is 0 Å². The van der Waals surface area contributed by atoms with Gasteiger partial charge in [0, 0.05) is 10.8 Å². The minimum absolute atomic E-state index is 0.396. The molecule has 0 amide bonds. The van der Waals surface area contributed by atoms with Gasteiger partial charge in [-0.05, 0) is 68.8 Å². The lowest BCUT2D eigenvalue weighted by atomic mass is 9.64. The van der Waals surface area contributed by atoms with E-state index in [0.29, 0.717) is 0 Å². The van der Waals surface area contributed by atoms with Gasteiger partial charge < -0.3 is 4.90 Å². The maximum atomic E-state index is 2.55. The third-order valence-corrected chi connectivity index (χ3v) is 9.45. The Morgan fingerprint density at radius 2 is 0.756 bits per heavy atom. The van der Waals surface area contributed by atoms with Crippen molar-refractivity contribution in [2.24, 2.45) is 0 Å². The monoisotopic (exact) mass is 521 g/mol. The van der Waals surface area contributed by atoms with Crippen molar-refractivity contribution in [3.8, 4) is 11.1 Å². The molecule has 0 unspecified atom stereocenters. The van der Waals surface area contributed by atoms with Gasteiger partial charge in [-0.1, -0.05) is 133 Å². The van der Waals surface area contributed by atoms with Crippen molar-refractivity contribution in [2.45, 2.75) is 12.3 Å². The fraction of sp³-hybridized carbons (Fsp3) is 0.0500. The molecule has 1 nitrogen and oxygen atoms in total.